The molecule has 8 atom stereocenters. The molecule has 5 heteroatoms. The SMILES string of the molecule is C[Si]1(C2[CH]([Zr+2][CH]3CC4C=CC=CC4C3[Si]3(C)CCC3)CC3C=CC=CC32)CCC1.[Cl-].[Cl-]. The quantitative estimate of drug-likeness (QED) is 0.455. The van der Waals surface area contributed by atoms with E-state index in [1.54, 1.807) is 49.9 Å². The van der Waals surface area contributed by atoms with Gasteiger partial charge in [-0.05, 0) is 0 Å². The van der Waals surface area contributed by atoms with Gasteiger partial charge in [-0.2, -0.15) is 0 Å². The molecule has 4 fully saturated rings. The van der Waals surface area contributed by atoms with Crippen LogP contribution >= 0.6 is 0 Å². The van der Waals surface area contributed by atoms with E-state index in [9.17, 15) is 0 Å². The van der Waals surface area contributed by atoms with E-state index >= 15 is 0 Å². The molecule has 0 N–H and O–H groups in total. The van der Waals surface area contributed by atoms with Crippen molar-refractivity contribution in [3.8, 4) is 0 Å². The van der Waals surface area contributed by atoms with Crippen molar-refractivity contribution in [2.75, 3.05) is 0 Å². The van der Waals surface area contributed by atoms with Gasteiger partial charge in [0.2, 0.25) is 0 Å². The topological polar surface area (TPSA) is 0 Å². The third kappa shape index (κ3) is 4.13. The van der Waals surface area contributed by atoms with Gasteiger partial charge in [-0.1, -0.05) is 0 Å². The van der Waals surface area contributed by atoms with Crippen molar-refractivity contribution in [3.63, 3.8) is 0 Å². The molecule has 0 nitrogen and oxygen atoms in total. The molecule has 0 aromatic heterocycles. The van der Waals surface area contributed by atoms with Crippen molar-refractivity contribution in [1.82, 2.24) is 0 Å². The second kappa shape index (κ2) is 9.48. The first-order valence-corrected chi connectivity index (χ1v) is 21.4. The summed E-state index contributed by atoms with van der Waals surface area (Å²) in [6.07, 6.45) is 26.4. The molecule has 8 unspecified atom stereocenters. The number of fused-ring (bicyclic) bond motifs is 2. The van der Waals surface area contributed by atoms with Gasteiger partial charge in [0.25, 0.3) is 0 Å². The Hall–Kier alpha value is 0.857. The monoisotopic (exact) mass is 566 g/mol. The zero-order valence-electron chi connectivity index (χ0n) is 19.2. The number of allylic oxidation sites excluding steroid dienone is 8. The van der Waals surface area contributed by atoms with E-state index in [1.807, 2.05) is 0 Å². The Morgan fingerprint density at radius 1 is 0.613 bits per heavy atom. The van der Waals surface area contributed by atoms with Crippen LogP contribution in [0.5, 0.6) is 0 Å². The molecule has 31 heavy (non-hydrogen) atoms. The molecule has 0 amide bonds. The van der Waals surface area contributed by atoms with Crippen LogP contribution in [0.4, 0.5) is 0 Å². The summed E-state index contributed by atoms with van der Waals surface area (Å²) in [6, 6.07) is 6.63. The van der Waals surface area contributed by atoms with Crippen LogP contribution in [0, 0.1) is 23.7 Å². The maximum Gasteiger partial charge on any atom is -1.00 e. The van der Waals surface area contributed by atoms with Crippen LogP contribution in [-0.2, 0) is 23.2 Å². The van der Waals surface area contributed by atoms with Gasteiger partial charge < -0.3 is 24.8 Å². The summed E-state index contributed by atoms with van der Waals surface area (Å²) in [5.41, 5.74) is 2.33. The summed E-state index contributed by atoms with van der Waals surface area (Å²) in [6.45, 7) is 5.64. The van der Waals surface area contributed by atoms with Crippen LogP contribution < -0.4 is 24.8 Å². The molecule has 0 bridgehead atoms. The molecular weight excluding hydrogens is 531 g/mol. The molecular formula is C26H38Cl2Si2Zr. The van der Waals surface area contributed by atoms with Gasteiger partial charge in [0.15, 0.2) is 0 Å². The zero-order chi connectivity index (χ0) is 19.6. The fourth-order valence-electron chi connectivity index (χ4n) is 8.65. The van der Waals surface area contributed by atoms with Gasteiger partial charge in [0.1, 0.15) is 0 Å². The minimum absolute atomic E-state index is 0. The van der Waals surface area contributed by atoms with Gasteiger partial charge >= 0.3 is 193 Å². The molecule has 6 rings (SSSR count). The second-order valence-corrected chi connectivity index (χ2v) is 26.4. The number of hydrogen-bond acceptors (Lipinski definition) is 0. The molecule has 0 radical (unpaired) electrons. The van der Waals surface area contributed by atoms with E-state index in [-0.39, 0.29) is 48.0 Å². The Morgan fingerprint density at radius 2 is 1.00 bits per heavy atom. The summed E-state index contributed by atoms with van der Waals surface area (Å²) in [5.74, 6) is 3.72. The van der Waals surface area contributed by atoms with Gasteiger partial charge in [-0.3, -0.25) is 0 Å². The molecule has 2 heterocycles. The molecule has 0 spiro atoms. The Kier molecular flexibility index (Phi) is 7.64. The van der Waals surface area contributed by atoms with Crippen LogP contribution in [-0.4, -0.2) is 16.1 Å². The van der Waals surface area contributed by atoms with Crippen molar-refractivity contribution in [2.45, 2.75) is 81.3 Å². The van der Waals surface area contributed by atoms with Crippen LogP contribution in [0.2, 0.25) is 55.6 Å². The number of halogens is 2. The van der Waals surface area contributed by atoms with Crippen LogP contribution in [0.1, 0.15) is 25.7 Å². The maximum atomic E-state index is 2.82. The zero-order valence-corrected chi connectivity index (χ0v) is 25.1. The first kappa shape index (κ1) is 25.0. The third-order valence-electron chi connectivity index (χ3n) is 10.4. The predicted molar refractivity (Wildman–Crippen MR) is 126 cm³/mol. The molecule has 2 aliphatic heterocycles. The van der Waals surface area contributed by atoms with Crippen LogP contribution in [0.15, 0.2) is 48.6 Å². The molecule has 4 aliphatic carbocycles. The van der Waals surface area contributed by atoms with Crippen molar-refractivity contribution in [2.24, 2.45) is 23.7 Å². The normalized spacial score (nSPS) is 44.7. The molecule has 0 aromatic rings. The van der Waals surface area contributed by atoms with Crippen molar-refractivity contribution < 1.29 is 48.0 Å². The number of hydrogen-bond donors (Lipinski definition) is 0. The minimum atomic E-state index is -0.967. The molecule has 2 saturated heterocycles. The van der Waals surface area contributed by atoms with Gasteiger partial charge in [-0.25, -0.2) is 0 Å². The molecule has 168 valence electrons. The third-order valence-corrected chi connectivity index (χ3v) is 27.8. The average Bonchev–Trinajstić information content (AvgIpc) is 3.22. The molecule has 2 saturated carbocycles. The Labute approximate surface area is 216 Å². The average molecular weight is 569 g/mol. The van der Waals surface area contributed by atoms with Gasteiger partial charge in [0, 0.05) is 0 Å². The first-order chi connectivity index (χ1) is 14.1. The van der Waals surface area contributed by atoms with Crippen LogP contribution in [0.25, 0.3) is 0 Å². The number of rotatable bonds is 4. The van der Waals surface area contributed by atoms with Gasteiger partial charge in [-0.15, -0.1) is 0 Å². The summed E-state index contributed by atoms with van der Waals surface area (Å²) in [4.78, 5) is 0. The Balaban J connectivity index is 0.00000116. The molecule has 6 aliphatic rings. The van der Waals surface area contributed by atoms with Crippen LogP contribution in [0.3, 0.4) is 0 Å². The van der Waals surface area contributed by atoms with Crippen molar-refractivity contribution >= 4 is 16.1 Å². The van der Waals surface area contributed by atoms with E-state index in [0.717, 1.165) is 23.7 Å². The predicted octanol–water partition coefficient (Wildman–Crippen LogP) is 1.88. The molecule has 0 aromatic carbocycles. The van der Waals surface area contributed by atoms with E-state index in [4.69, 9.17) is 0 Å². The smallest absolute Gasteiger partial charge is 1.00 e. The fraction of sp³-hybridized carbons (Fsp3) is 0.692. The largest absolute Gasteiger partial charge is 1.00 e. The van der Waals surface area contributed by atoms with E-state index in [2.05, 4.69) is 61.7 Å². The van der Waals surface area contributed by atoms with Crippen molar-refractivity contribution in [3.05, 3.63) is 48.6 Å². The maximum absolute atomic E-state index is 2.82. The summed E-state index contributed by atoms with van der Waals surface area (Å²) >= 11 is -0.375. The van der Waals surface area contributed by atoms with Gasteiger partial charge in [0.05, 0.1) is 0 Å². The minimum Gasteiger partial charge on any atom is -1.00 e. The summed E-state index contributed by atoms with van der Waals surface area (Å²) < 4.78 is 2.41. The first-order valence-electron chi connectivity index (χ1n) is 12.5. The van der Waals surface area contributed by atoms with E-state index < -0.39 is 16.1 Å². The Morgan fingerprint density at radius 3 is 1.35 bits per heavy atom. The van der Waals surface area contributed by atoms with E-state index in [0.29, 0.717) is 0 Å². The standard InChI is InChI=1S/2C13H19Si.2ClH.Zr/c2*1-14(9-4-10-14)13-8-7-11-5-2-3-6-12(11)13;;;/h2*2-3,5-6,8,11-13H,4,7,9-10H2,1H3;2*1H;/q;;;;+2/p-2. The van der Waals surface area contributed by atoms with Crippen molar-refractivity contribution in [1.29, 1.82) is 0 Å². The summed E-state index contributed by atoms with van der Waals surface area (Å²) in [7, 11) is -1.93. The Bertz CT molecular complexity index is 718. The van der Waals surface area contributed by atoms with E-state index in [1.165, 1.54) is 18.3 Å². The second-order valence-electron chi connectivity index (χ2n) is 11.9. The fourth-order valence-corrected chi connectivity index (χ4v) is 30.3. The summed E-state index contributed by atoms with van der Waals surface area (Å²) in [5, 5.41) is 0.